The molecule has 6 nitrogen and oxygen atoms in total. The van der Waals surface area contributed by atoms with Crippen LogP contribution >= 0.6 is 0 Å². The lowest BCUT2D eigenvalue weighted by Gasteiger charge is -2.38. The molecule has 0 atom stereocenters. The lowest BCUT2D eigenvalue weighted by molar-refractivity contribution is 0.202. The summed E-state index contributed by atoms with van der Waals surface area (Å²) in [5, 5.41) is 0. The van der Waals surface area contributed by atoms with Gasteiger partial charge in [-0.05, 0) is 61.6 Å². The third kappa shape index (κ3) is 4.53. The van der Waals surface area contributed by atoms with Gasteiger partial charge in [-0.25, -0.2) is 9.78 Å². The smallest absolute Gasteiger partial charge is 0.324 e. The number of carbonyl (C=O) groups is 1. The van der Waals surface area contributed by atoms with Gasteiger partial charge in [0.1, 0.15) is 5.69 Å². The Morgan fingerprint density at radius 2 is 1.67 bits per heavy atom. The van der Waals surface area contributed by atoms with Gasteiger partial charge in [0.25, 0.3) is 0 Å². The summed E-state index contributed by atoms with van der Waals surface area (Å²) < 4.78 is 5.51. The predicted molar refractivity (Wildman–Crippen MR) is 123 cm³/mol. The molecule has 1 aliphatic heterocycles. The van der Waals surface area contributed by atoms with Crippen LogP contribution in [0, 0.1) is 13.8 Å². The molecule has 1 saturated heterocycles. The molecule has 0 aliphatic carbocycles. The predicted octanol–water partition coefficient (Wildman–Crippen LogP) is 4.21. The summed E-state index contributed by atoms with van der Waals surface area (Å²) in [4.78, 5) is 23.8. The van der Waals surface area contributed by atoms with E-state index in [2.05, 4.69) is 55.8 Å². The Balaban J connectivity index is 1.73. The fourth-order valence-electron chi connectivity index (χ4n) is 4.17. The molecule has 30 heavy (non-hydrogen) atoms. The molecule has 0 saturated carbocycles. The van der Waals surface area contributed by atoms with Crippen LogP contribution < -0.4 is 14.5 Å². The monoisotopic (exact) mass is 410 g/mol. The van der Waals surface area contributed by atoms with Crippen LogP contribution in [0.2, 0.25) is 0 Å². The molecular formula is C24H34N4O2. The maximum Gasteiger partial charge on any atom is 0.324 e. The minimum atomic E-state index is -0.0125. The van der Waals surface area contributed by atoms with Crippen LogP contribution in [0.5, 0.6) is 5.88 Å². The number of amides is 2. The molecule has 3 rings (SSSR count). The number of carbonyl (C=O) groups excluding carboxylic acids is 1. The number of benzene rings is 1. The molecule has 0 radical (unpaired) electrons. The second kappa shape index (κ2) is 9.37. The fourth-order valence-corrected chi connectivity index (χ4v) is 4.17. The Hall–Kier alpha value is -2.76. The number of nitrogens with zero attached hydrogens (tertiary/aromatic N) is 4. The van der Waals surface area contributed by atoms with Crippen LogP contribution in [0.3, 0.4) is 0 Å². The minimum Gasteiger partial charge on any atom is -0.480 e. The lowest BCUT2D eigenvalue weighted by Crippen LogP contribution is -2.52. The Bertz CT molecular complexity index is 884. The zero-order chi connectivity index (χ0) is 21.8. The molecule has 1 aromatic heterocycles. The van der Waals surface area contributed by atoms with E-state index in [1.54, 1.807) is 12.0 Å². The molecule has 0 spiro atoms. The summed E-state index contributed by atoms with van der Waals surface area (Å²) in [6.45, 7) is 11.5. The molecule has 2 amide bonds. The van der Waals surface area contributed by atoms with Crippen LogP contribution in [0.15, 0.2) is 24.3 Å². The Morgan fingerprint density at radius 1 is 1.03 bits per heavy atom. The molecular weight excluding hydrogens is 376 g/mol. The van der Waals surface area contributed by atoms with E-state index in [-0.39, 0.29) is 6.03 Å². The number of methoxy groups -OCH3 is 1. The third-order valence-corrected chi connectivity index (χ3v) is 5.82. The lowest BCUT2D eigenvalue weighted by atomic mass is 10.1. The van der Waals surface area contributed by atoms with E-state index in [4.69, 9.17) is 4.74 Å². The zero-order valence-electron chi connectivity index (χ0n) is 19.2. The summed E-state index contributed by atoms with van der Waals surface area (Å²) in [7, 11) is 3.42. The minimum absolute atomic E-state index is 0.0125. The third-order valence-electron chi connectivity index (χ3n) is 5.82. The van der Waals surface area contributed by atoms with Gasteiger partial charge in [0.15, 0.2) is 0 Å². The molecule has 0 bridgehead atoms. The van der Waals surface area contributed by atoms with Gasteiger partial charge in [-0.15, -0.1) is 0 Å². The van der Waals surface area contributed by atoms with Crippen molar-refractivity contribution in [2.45, 2.75) is 40.5 Å². The van der Waals surface area contributed by atoms with Gasteiger partial charge in [-0.3, -0.25) is 4.90 Å². The van der Waals surface area contributed by atoms with E-state index < -0.39 is 0 Å². The standard InChI is InChI=1S/C24H34N4O2/c1-7-19-16-22(23(30-6)25-21(19)8-2)26(5)24(29)28-11-9-27(10-12-28)20-14-17(3)13-18(4)15-20/h13-16H,7-12H2,1-6H3. The first-order chi connectivity index (χ1) is 14.4. The molecule has 1 fully saturated rings. The highest BCUT2D eigenvalue weighted by Gasteiger charge is 2.27. The van der Waals surface area contributed by atoms with Crippen molar-refractivity contribution in [2.75, 3.05) is 50.1 Å². The summed E-state index contributed by atoms with van der Waals surface area (Å²) in [6, 6.07) is 8.66. The number of rotatable bonds is 5. The van der Waals surface area contributed by atoms with Crippen LogP contribution in [0.1, 0.15) is 36.2 Å². The highest BCUT2D eigenvalue weighted by Crippen LogP contribution is 2.30. The van der Waals surface area contributed by atoms with Crippen molar-refractivity contribution in [3.8, 4) is 5.88 Å². The first-order valence-corrected chi connectivity index (χ1v) is 10.8. The summed E-state index contributed by atoms with van der Waals surface area (Å²) in [5.41, 5.74) is 6.69. The first-order valence-electron chi connectivity index (χ1n) is 10.8. The number of pyridine rings is 1. The number of hydrogen-bond acceptors (Lipinski definition) is 4. The largest absolute Gasteiger partial charge is 0.480 e. The van der Waals surface area contributed by atoms with Gasteiger partial charge >= 0.3 is 6.03 Å². The van der Waals surface area contributed by atoms with E-state index in [9.17, 15) is 4.79 Å². The molecule has 1 aromatic carbocycles. The maximum atomic E-state index is 13.2. The van der Waals surface area contributed by atoms with Gasteiger partial charge in [0.2, 0.25) is 5.88 Å². The number of piperazine rings is 1. The normalized spacial score (nSPS) is 14.1. The molecule has 0 unspecified atom stereocenters. The second-order valence-electron chi connectivity index (χ2n) is 7.99. The number of ether oxygens (including phenoxy) is 1. The Kier molecular flexibility index (Phi) is 6.85. The van der Waals surface area contributed by atoms with Crippen molar-refractivity contribution in [3.63, 3.8) is 0 Å². The number of aromatic nitrogens is 1. The van der Waals surface area contributed by atoms with Gasteiger partial charge in [0.05, 0.1) is 7.11 Å². The van der Waals surface area contributed by atoms with Crippen LogP contribution in [0.25, 0.3) is 0 Å². The van der Waals surface area contributed by atoms with Crippen molar-refractivity contribution in [1.82, 2.24) is 9.88 Å². The van der Waals surface area contributed by atoms with E-state index in [1.165, 1.54) is 16.8 Å². The van der Waals surface area contributed by atoms with Gasteiger partial charge in [0, 0.05) is 44.6 Å². The Morgan fingerprint density at radius 3 is 2.20 bits per heavy atom. The van der Waals surface area contributed by atoms with Crippen molar-refractivity contribution in [1.29, 1.82) is 0 Å². The molecule has 2 aromatic rings. The average Bonchev–Trinajstić information content (AvgIpc) is 2.76. The first kappa shape index (κ1) is 21.9. The second-order valence-corrected chi connectivity index (χ2v) is 7.99. The van der Waals surface area contributed by atoms with E-state index >= 15 is 0 Å². The van der Waals surface area contributed by atoms with E-state index in [0.717, 1.165) is 42.9 Å². The summed E-state index contributed by atoms with van der Waals surface area (Å²) >= 11 is 0. The molecule has 1 aliphatic rings. The zero-order valence-corrected chi connectivity index (χ0v) is 19.2. The quantitative estimate of drug-likeness (QED) is 0.741. The molecule has 6 heteroatoms. The van der Waals surface area contributed by atoms with Crippen molar-refractivity contribution >= 4 is 17.4 Å². The topological polar surface area (TPSA) is 48.9 Å². The van der Waals surface area contributed by atoms with Crippen molar-refractivity contribution in [2.24, 2.45) is 0 Å². The van der Waals surface area contributed by atoms with E-state index in [1.807, 2.05) is 18.0 Å². The number of aryl methyl sites for hydroxylation is 4. The van der Waals surface area contributed by atoms with Gasteiger partial charge in [-0.1, -0.05) is 19.9 Å². The number of urea groups is 1. The van der Waals surface area contributed by atoms with Crippen molar-refractivity contribution < 1.29 is 9.53 Å². The molecule has 2 heterocycles. The molecule has 162 valence electrons. The average molecular weight is 411 g/mol. The maximum absolute atomic E-state index is 13.2. The van der Waals surface area contributed by atoms with Gasteiger partial charge in [-0.2, -0.15) is 0 Å². The van der Waals surface area contributed by atoms with Crippen LogP contribution in [-0.2, 0) is 12.8 Å². The van der Waals surface area contributed by atoms with Gasteiger partial charge < -0.3 is 14.5 Å². The molecule has 0 N–H and O–H groups in total. The fraction of sp³-hybridized carbons (Fsp3) is 0.500. The SMILES string of the molecule is CCc1cc(N(C)C(=O)N2CCN(c3cc(C)cc(C)c3)CC2)c(OC)nc1CC. The van der Waals surface area contributed by atoms with E-state index in [0.29, 0.717) is 19.0 Å². The van der Waals surface area contributed by atoms with Crippen molar-refractivity contribution in [3.05, 3.63) is 46.6 Å². The number of hydrogen-bond donors (Lipinski definition) is 0. The highest BCUT2D eigenvalue weighted by atomic mass is 16.5. The summed E-state index contributed by atoms with van der Waals surface area (Å²) in [6.07, 6.45) is 1.72. The van der Waals surface area contributed by atoms with Crippen LogP contribution in [-0.4, -0.2) is 56.3 Å². The Labute approximate surface area is 180 Å². The van der Waals surface area contributed by atoms with Crippen LogP contribution in [0.4, 0.5) is 16.2 Å². The number of anilines is 2. The highest BCUT2D eigenvalue weighted by molar-refractivity contribution is 5.93. The summed E-state index contributed by atoms with van der Waals surface area (Å²) in [5.74, 6) is 0.508.